The molecule has 0 amide bonds. The highest BCUT2D eigenvalue weighted by Gasteiger charge is 2.44. The molecule has 2 aliphatic carbocycles. The Balaban J connectivity index is 1.88. The molecule has 1 N–H and O–H groups in total. The molecule has 19 heavy (non-hydrogen) atoms. The van der Waals surface area contributed by atoms with Gasteiger partial charge in [0.1, 0.15) is 0 Å². The van der Waals surface area contributed by atoms with E-state index < -0.39 is 0 Å². The van der Waals surface area contributed by atoms with Gasteiger partial charge in [0, 0.05) is 5.41 Å². The summed E-state index contributed by atoms with van der Waals surface area (Å²) in [5.74, 6) is 1.30. The van der Waals surface area contributed by atoms with Gasteiger partial charge in [0.25, 0.3) is 0 Å². The zero-order valence-electron chi connectivity index (χ0n) is 12.4. The highest BCUT2D eigenvalue weighted by Crippen LogP contribution is 2.51. The molecular formula is C18H28O. The third-order valence-electron chi connectivity index (χ3n) is 4.72. The van der Waals surface area contributed by atoms with Crippen LogP contribution in [0.25, 0.3) is 0 Å². The maximum atomic E-state index is 9.86. The number of aliphatic hydroxyl groups excluding tert-OH is 1. The molecule has 2 aliphatic rings. The fourth-order valence-electron chi connectivity index (χ4n) is 3.55. The molecule has 1 heteroatoms. The molecule has 0 bridgehead atoms. The molecule has 1 saturated carbocycles. The molecule has 0 aromatic heterocycles. The molecule has 2 rings (SSSR count). The van der Waals surface area contributed by atoms with Crippen LogP contribution >= 0.6 is 0 Å². The van der Waals surface area contributed by atoms with E-state index in [2.05, 4.69) is 50.3 Å². The summed E-state index contributed by atoms with van der Waals surface area (Å²) < 4.78 is 0. The Hall–Kier alpha value is -0.820. The van der Waals surface area contributed by atoms with Gasteiger partial charge in [-0.2, -0.15) is 0 Å². The van der Waals surface area contributed by atoms with Crippen LogP contribution in [0.2, 0.25) is 0 Å². The predicted octanol–water partition coefficient (Wildman–Crippen LogP) is 4.64. The van der Waals surface area contributed by atoms with E-state index >= 15 is 0 Å². The third-order valence-corrected chi connectivity index (χ3v) is 4.72. The Labute approximate surface area is 118 Å². The first-order chi connectivity index (χ1) is 9.16. The van der Waals surface area contributed by atoms with E-state index in [0.29, 0.717) is 11.8 Å². The van der Waals surface area contributed by atoms with Crippen LogP contribution in [-0.4, -0.2) is 11.2 Å². The van der Waals surface area contributed by atoms with Gasteiger partial charge in [-0.1, -0.05) is 63.1 Å². The van der Waals surface area contributed by atoms with Gasteiger partial charge in [-0.25, -0.2) is 0 Å². The van der Waals surface area contributed by atoms with Crippen LogP contribution in [0, 0.1) is 17.3 Å². The SMILES string of the molecule is CCCC[C@H](C)/C=C/C=C/C12C=CCC1CC(O)C2. The Kier molecular flexibility index (Phi) is 5.04. The van der Waals surface area contributed by atoms with E-state index in [1.54, 1.807) is 0 Å². The summed E-state index contributed by atoms with van der Waals surface area (Å²) in [6.07, 6.45) is 20.4. The number of aliphatic hydroxyl groups is 1. The lowest BCUT2D eigenvalue weighted by Crippen LogP contribution is -2.16. The van der Waals surface area contributed by atoms with E-state index in [9.17, 15) is 5.11 Å². The number of hydrogen-bond donors (Lipinski definition) is 1. The molecule has 0 spiro atoms. The first-order valence-electron chi connectivity index (χ1n) is 7.88. The van der Waals surface area contributed by atoms with E-state index in [-0.39, 0.29) is 11.5 Å². The summed E-state index contributed by atoms with van der Waals surface area (Å²) in [5, 5.41) is 9.86. The lowest BCUT2D eigenvalue weighted by molar-refractivity contribution is 0.173. The van der Waals surface area contributed by atoms with Crippen molar-refractivity contribution in [1.29, 1.82) is 0 Å². The van der Waals surface area contributed by atoms with Gasteiger partial charge in [-0.3, -0.25) is 0 Å². The molecule has 0 radical (unpaired) electrons. The zero-order valence-corrected chi connectivity index (χ0v) is 12.4. The van der Waals surface area contributed by atoms with Gasteiger partial charge >= 0.3 is 0 Å². The highest BCUT2D eigenvalue weighted by molar-refractivity contribution is 5.25. The number of unbranched alkanes of at least 4 members (excludes halogenated alkanes) is 1. The van der Waals surface area contributed by atoms with Crippen molar-refractivity contribution in [2.45, 2.75) is 58.5 Å². The van der Waals surface area contributed by atoms with Crippen LogP contribution in [0.1, 0.15) is 52.4 Å². The summed E-state index contributed by atoms with van der Waals surface area (Å²) in [7, 11) is 0. The first kappa shape index (κ1) is 14.6. The van der Waals surface area contributed by atoms with Crippen molar-refractivity contribution < 1.29 is 5.11 Å². The molecular weight excluding hydrogens is 232 g/mol. The summed E-state index contributed by atoms with van der Waals surface area (Å²) in [6.45, 7) is 4.53. The van der Waals surface area contributed by atoms with Crippen molar-refractivity contribution in [1.82, 2.24) is 0 Å². The summed E-state index contributed by atoms with van der Waals surface area (Å²) in [5.41, 5.74) is 0.149. The smallest absolute Gasteiger partial charge is 0.0554 e. The van der Waals surface area contributed by atoms with Crippen LogP contribution in [0.3, 0.4) is 0 Å². The summed E-state index contributed by atoms with van der Waals surface area (Å²) >= 11 is 0. The Bertz CT molecular complexity index is 366. The maximum absolute atomic E-state index is 9.86. The van der Waals surface area contributed by atoms with Crippen LogP contribution in [-0.2, 0) is 0 Å². The molecule has 3 unspecified atom stereocenters. The van der Waals surface area contributed by atoms with Gasteiger partial charge in [0.15, 0.2) is 0 Å². The van der Waals surface area contributed by atoms with Gasteiger partial charge in [0.05, 0.1) is 6.10 Å². The Morgan fingerprint density at radius 1 is 1.42 bits per heavy atom. The second-order valence-electron chi connectivity index (χ2n) is 6.40. The highest BCUT2D eigenvalue weighted by atomic mass is 16.3. The molecule has 4 atom stereocenters. The topological polar surface area (TPSA) is 20.2 Å². The average Bonchev–Trinajstić information content (AvgIpc) is 2.88. The number of fused-ring (bicyclic) bond motifs is 1. The van der Waals surface area contributed by atoms with E-state index in [1.165, 1.54) is 19.3 Å². The maximum Gasteiger partial charge on any atom is 0.0554 e. The fourth-order valence-corrected chi connectivity index (χ4v) is 3.55. The van der Waals surface area contributed by atoms with Gasteiger partial charge < -0.3 is 5.11 Å². The van der Waals surface area contributed by atoms with Crippen molar-refractivity contribution in [3.05, 3.63) is 36.5 Å². The second-order valence-corrected chi connectivity index (χ2v) is 6.40. The normalized spacial score (nSPS) is 35.5. The minimum atomic E-state index is -0.105. The molecule has 0 saturated heterocycles. The van der Waals surface area contributed by atoms with Crippen LogP contribution in [0.4, 0.5) is 0 Å². The molecule has 0 aromatic rings. The molecule has 0 heterocycles. The van der Waals surface area contributed by atoms with E-state index in [0.717, 1.165) is 19.3 Å². The molecule has 106 valence electrons. The number of rotatable bonds is 6. The molecule has 0 aliphatic heterocycles. The molecule has 0 aromatic carbocycles. The van der Waals surface area contributed by atoms with Crippen molar-refractivity contribution in [2.75, 3.05) is 0 Å². The van der Waals surface area contributed by atoms with Crippen LogP contribution in [0.15, 0.2) is 36.5 Å². The summed E-state index contributed by atoms with van der Waals surface area (Å²) in [4.78, 5) is 0. The summed E-state index contributed by atoms with van der Waals surface area (Å²) in [6, 6.07) is 0. The minimum Gasteiger partial charge on any atom is -0.393 e. The average molecular weight is 260 g/mol. The molecule has 1 nitrogen and oxygen atoms in total. The number of hydrogen-bond acceptors (Lipinski definition) is 1. The standard InChI is InChI=1S/C18H28O/c1-3-4-8-15(2)9-5-6-11-18-12-7-10-16(18)13-17(19)14-18/h5-7,9,11-12,15-17,19H,3-4,8,10,13-14H2,1-2H3/b9-5+,11-6+/t15-,16?,17?,18?/m0/s1. The van der Waals surface area contributed by atoms with Crippen LogP contribution in [0.5, 0.6) is 0 Å². The van der Waals surface area contributed by atoms with Crippen molar-refractivity contribution in [2.24, 2.45) is 17.3 Å². The van der Waals surface area contributed by atoms with Gasteiger partial charge in [0.2, 0.25) is 0 Å². The van der Waals surface area contributed by atoms with Crippen molar-refractivity contribution >= 4 is 0 Å². The van der Waals surface area contributed by atoms with E-state index in [4.69, 9.17) is 0 Å². The van der Waals surface area contributed by atoms with Crippen molar-refractivity contribution in [3.8, 4) is 0 Å². The molecule has 1 fully saturated rings. The van der Waals surface area contributed by atoms with Crippen molar-refractivity contribution in [3.63, 3.8) is 0 Å². The first-order valence-corrected chi connectivity index (χ1v) is 7.88. The lowest BCUT2D eigenvalue weighted by atomic mass is 9.80. The van der Waals surface area contributed by atoms with Crippen LogP contribution < -0.4 is 0 Å². The Morgan fingerprint density at radius 3 is 3.05 bits per heavy atom. The third kappa shape index (κ3) is 3.60. The fraction of sp³-hybridized carbons (Fsp3) is 0.667. The zero-order chi connectivity index (χ0) is 13.7. The lowest BCUT2D eigenvalue weighted by Gasteiger charge is -2.23. The monoisotopic (exact) mass is 260 g/mol. The number of allylic oxidation sites excluding steroid dienone is 6. The predicted molar refractivity (Wildman–Crippen MR) is 81.9 cm³/mol. The van der Waals surface area contributed by atoms with E-state index in [1.807, 2.05) is 0 Å². The minimum absolute atomic E-state index is 0.105. The second kappa shape index (κ2) is 6.56. The van der Waals surface area contributed by atoms with Gasteiger partial charge in [-0.15, -0.1) is 0 Å². The quantitative estimate of drug-likeness (QED) is 0.545. The van der Waals surface area contributed by atoms with Gasteiger partial charge in [-0.05, 0) is 37.5 Å². The largest absolute Gasteiger partial charge is 0.393 e. The Morgan fingerprint density at radius 2 is 2.26 bits per heavy atom.